The van der Waals surface area contributed by atoms with E-state index in [9.17, 15) is 29.0 Å². The monoisotopic (exact) mass is 585 g/mol. The Bertz CT molecular complexity index is 1750. The molecule has 1 aliphatic carbocycles. The van der Waals surface area contributed by atoms with Crippen LogP contribution in [-0.4, -0.2) is 28.3 Å². The van der Waals surface area contributed by atoms with E-state index in [1.54, 1.807) is 24.3 Å². The van der Waals surface area contributed by atoms with Gasteiger partial charge in [0.25, 0.3) is 0 Å². The number of aromatic nitrogens is 1. The average Bonchev–Trinajstić information content (AvgIpc) is 3.52. The summed E-state index contributed by atoms with van der Waals surface area (Å²) in [6.45, 7) is 5.66. The molecule has 3 aromatic rings. The van der Waals surface area contributed by atoms with Gasteiger partial charge in [0.15, 0.2) is 0 Å². The van der Waals surface area contributed by atoms with Gasteiger partial charge in [-0.1, -0.05) is 12.1 Å². The predicted octanol–water partition coefficient (Wildman–Crippen LogP) is 6.03. The van der Waals surface area contributed by atoms with Gasteiger partial charge in [0.1, 0.15) is 12.1 Å². The van der Waals surface area contributed by atoms with Crippen LogP contribution in [0, 0.1) is 46.3 Å². The fourth-order valence-electron chi connectivity index (χ4n) is 4.92. The third kappa shape index (κ3) is 5.48. The average molecular weight is 586 g/mol. The second kappa shape index (κ2) is 10.7. The molecule has 43 heavy (non-hydrogen) atoms. The van der Waals surface area contributed by atoms with Crippen LogP contribution in [0.4, 0.5) is 24.5 Å². The number of fused-ring (bicyclic) bond motifs is 1. The molecular weight excluding hydrogens is 555 g/mol. The summed E-state index contributed by atoms with van der Waals surface area (Å²) in [4.78, 5) is 4.30. The summed E-state index contributed by atoms with van der Waals surface area (Å²) in [5.41, 5.74) is 8.32. The Kier molecular flexibility index (Phi) is 7.33. The molecule has 2 heterocycles. The Morgan fingerprint density at radius 2 is 1.77 bits per heavy atom. The van der Waals surface area contributed by atoms with Crippen LogP contribution in [0.2, 0.25) is 0 Å². The number of hydrogen-bond acceptors (Lipinski definition) is 9. The zero-order valence-electron chi connectivity index (χ0n) is 24.1. The molecule has 4 N–H and O–H groups in total. The zero-order valence-corrected chi connectivity index (χ0v) is 24.1. The lowest BCUT2D eigenvalue weighted by atomic mass is 9.92. The lowest BCUT2D eigenvalue weighted by molar-refractivity contribution is -0.206. The van der Waals surface area contributed by atoms with Gasteiger partial charge < -0.3 is 16.1 Å². The Morgan fingerprint density at radius 1 is 1.07 bits per heavy atom. The van der Waals surface area contributed by atoms with Crippen LogP contribution < -0.4 is 21.6 Å². The highest BCUT2D eigenvalue weighted by atomic mass is 19.4. The molecule has 1 saturated carbocycles. The van der Waals surface area contributed by atoms with E-state index in [4.69, 9.17) is 0 Å². The standard InChI is InChI=1S/C31H30F3N9/c1-18-19(12-35)6-5-7-23(18)28(25-16-43(42-41-25)30(4)8-9-30)40-22-10-20(13-36)26-24(11-22)27(21(14-37)15-38-26)39-17-29(2,3)31(32,33)34/h5-7,10-11,15-16,28,40-42H,8-9,17H2,1-4H3,(H,38,39)/t28-/m0/s1. The van der Waals surface area contributed by atoms with E-state index in [1.165, 1.54) is 6.20 Å². The summed E-state index contributed by atoms with van der Waals surface area (Å²) < 4.78 is 40.9. The van der Waals surface area contributed by atoms with E-state index >= 15 is 0 Å². The van der Waals surface area contributed by atoms with Crippen molar-refractivity contribution in [1.29, 1.82) is 15.8 Å². The molecule has 0 saturated heterocycles. The Balaban J connectivity index is 1.62. The summed E-state index contributed by atoms with van der Waals surface area (Å²) in [7, 11) is 0. The summed E-state index contributed by atoms with van der Waals surface area (Å²) >= 11 is 0. The maximum Gasteiger partial charge on any atom is 0.395 e. The van der Waals surface area contributed by atoms with E-state index < -0.39 is 24.2 Å². The third-order valence-corrected chi connectivity index (χ3v) is 8.26. The van der Waals surface area contributed by atoms with Crippen molar-refractivity contribution in [2.45, 2.75) is 58.3 Å². The van der Waals surface area contributed by atoms with Gasteiger partial charge in [0, 0.05) is 30.0 Å². The third-order valence-electron chi connectivity index (χ3n) is 8.26. The number of hydrazine groups is 2. The van der Waals surface area contributed by atoms with Crippen molar-refractivity contribution in [2.24, 2.45) is 5.41 Å². The van der Waals surface area contributed by atoms with Crippen molar-refractivity contribution in [1.82, 2.24) is 21.0 Å². The van der Waals surface area contributed by atoms with E-state index in [0.29, 0.717) is 16.6 Å². The van der Waals surface area contributed by atoms with Crippen LogP contribution in [0.5, 0.6) is 0 Å². The fourth-order valence-corrected chi connectivity index (χ4v) is 4.92. The minimum absolute atomic E-state index is 0.0239. The first-order valence-corrected chi connectivity index (χ1v) is 13.7. The number of nitrogens with zero attached hydrogens (tertiary/aromatic N) is 5. The van der Waals surface area contributed by atoms with Crippen LogP contribution in [0.1, 0.15) is 67.5 Å². The van der Waals surface area contributed by atoms with E-state index in [1.807, 2.05) is 30.3 Å². The normalized spacial score (nSPS) is 16.4. The number of anilines is 2. The SMILES string of the molecule is Cc1c(C#N)cccc1[C@H](Nc1cc(C#N)c2ncc(C#N)c(NCC(C)(C)C(F)(F)F)c2c1)C1=CN(C2(C)CC2)NN1. The molecule has 9 nitrogen and oxygen atoms in total. The largest absolute Gasteiger partial charge is 0.395 e. The van der Waals surface area contributed by atoms with Gasteiger partial charge in [-0.05, 0) is 69.9 Å². The summed E-state index contributed by atoms with van der Waals surface area (Å²) in [5, 5.41) is 38.1. The number of halogens is 3. The topological polar surface area (TPSA) is 136 Å². The molecule has 1 aromatic heterocycles. The summed E-state index contributed by atoms with van der Waals surface area (Å²) in [5.74, 6) is 0. The zero-order chi connectivity index (χ0) is 31.2. The van der Waals surface area contributed by atoms with Crippen LogP contribution in [-0.2, 0) is 0 Å². The minimum atomic E-state index is -4.48. The van der Waals surface area contributed by atoms with Gasteiger partial charge in [-0.15, -0.1) is 5.53 Å². The van der Waals surface area contributed by atoms with Crippen molar-refractivity contribution < 1.29 is 13.2 Å². The van der Waals surface area contributed by atoms with Gasteiger partial charge in [-0.2, -0.15) is 29.0 Å². The highest BCUT2D eigenvalue weighted by Gasteiger charge is 2.47. The first-order valence-electron chi connectivity index (χ1n) is 13.7. The number of pyridine rings is 1. The first kappa shape index (κ1) is 29.5. The molecule has 0 unspecified atom stereocenters. The summed E-state index contributed by atoms with van der Waals surface area (Å²) in [6, 6.07) is 14.6. The molecule has 1 aliphatic heterocycles. The van der Waals surface area contributed by atoms with E-state index in [0.717, 1.165) is 43.5 Å². The second-order valence-electron chi connectivity index (χ2n) is 11.8. The second-order valence-corrected chi connectivity index (χ2v) is 11.8. The van der Waals surface area contributed by atoms with Crippen molar-refractivity contribution >= 4 is 22.3 Å². The molecule has 220 valence electrons. The first-order chi connectivity index (χ1) is 20.3. The highest BCUT2D eigenvalue weighted by Crippen LogP contribution is 2.43. The lowest BCUT2D eigenvalue weighted by Gasteiger charge is -2.29. The van der Waals surface area contributed by atoms with Crippen molar-refractivity contribution in [3.63, 3.8) is 0 Å². The van der Waals surface area contributed by atoms with Crippen LogP contribution in [0.3, 0.4) is 0 Å². The van der Waals surface area contributed by atoms with Gasteiger partial charge in [-0.25, -0.2) is 0 Å². The molecule has 1 fully saturated rings. The molecule has 0 radical (unpaired) electrons. The van der Waals surface area contributed by atoms with E-state index in [-0.39, 0.29) is 27.9 Å². The Hall–Kier alpha value is -4.99. The number of nitriles is 3. The molecule has 0 bridgehead atoms. The van der Waals surface area contributed by atoms with Gasteiger partial charge in [0.2, 0.25) is 0 Å². The fraction of sp³-hybridized carbons (Fsp3) is 0.355. The van der Waals surface area contributed by atoms with Crippen molar-refractivity contribution in [3.05, 3.63) is 76.2 Å². The molecule has 2 aliphatic rings. The van der Waals surface area contributed by atoms with Crippen LogP contribution in [0.25, 0.3) is 10.9 Å². The van der Waals surface area contributed by atoms with Crippen LogP contribution >= 0.6 is 0 Å². The maximum atomic E-state index is 13.6. The quantitative estimate of drug-likeness (QED) is 0.250. The van der Waals surface area contributed by atoms with Gasteiger partial charge in [0.05, 0.1) is 56.7 Å². The lowest BCUT2D eigenvalue weighted by Crippen LogP contribution is -2.43. The number of rotatable bonds is 8. The smallest absolute Gasteiger partial charge is 0.382 e. The van der Waals surface area contributed by atoms with Crippen molar-refractivity contribution in [2.75, 3.05) is 17.2 Å². The van der Waals surface area contributed by atoms with Gasteiger partial charge >= 0.3 is 6.18 Å². The van der Waals surface area contributed by atoms with Crippen LogP contribution in [0.15, 0.2) is 48.4 Å². The number of benzene rings is 2. The minimum Gasteiger partial charge on any atom is -0.382 e. The Labute approximate surface area is 247 Å². The number of hydrogen-bond donors (Lipinski definition) is 4. The molecular formula is C31H30F3N9. The molecule has 12 heteroatoms. The molecule has 2 aromatic carbocycles. The molecule has 5 rings (SSSR count). The molecule has 0 amide bonds. The van der Waals surface area contributed by atoms with E-state index in [2.05, 4.69) is 45.6 Å². The Morgan fingerprint density at radius 3 is 2.40 bits per heavy atom. The van der Waals surface area contributed by atoms with Crippen molar-refractivity contribution in [3.8, 4) is 18.2 Å². The maximum absolute atomic E-state index is 13.6. The highest BCUT2D eigenvalue weighted by molar-refractivity contribution is 5.99. The number of alkyl halides is 3. The number of nitrogens with one attached hydrogen (secondary N) is 4. The summed E-state index contributed by atoms with van der Waals surface area (Å²) in [6.07, 6.45) is 0.794. The van der Waals surface area contributed by atoms with Gasteiger partial charge in [-0.3, -0.25) is 9.99 Å². The molecule has 0 spiro atoms. The predicted molar refractivity (Wildman–Crippen MR) is 156 cm³/mol. The molecule has 1 atom stereocenters.